The highest BCUT2D eigenvalue weighted by atomic mass is 79.9. The van der Waals surface area contributed by atoms with Crippen molar-refractivity contribution < 1.29 is 9.53 Å². The highest BCUT2D eigenvalue weighted by Crippen LogP contribution is 2.25. The summed E-state index contributed by atoms with van der Waals surface area (Å²) in [6, 6.07) is 5.90. The van der Waals surface area contributed by atoms with E-state index in [2.05, 4.69) is 27.9 Å². The van der Waals surface area contributed by atoms with Gasteiger partial charge in [-0.2, -0.15) is 0 Å². The molecular weight excluding hydrogens is 306 g/mol. The van der Waals surface area contributed by atoms with Crippen molar-refractivity contribution in [1.82, 2.24) is 0 Å². The van der Waals surface area contributed by atoms with Gasteiger partial charge in [0.25, 0.3) is 0 Å². The first kappa shape index (κ1) is 14.5. The molecule has 1 aromatic carbocycles. The van der Waals surface area contributed by atoms with E-state index in [1.165, 1.54) is 6.42 Å². The van der Waals surface area contributed by atoms with Crippen LogP contribution in [0, 0.1) is 5.92 Å². The maximum Gasteiger partial charge on any atom is 0.160 e. The molecule has 1 fully saturated rings. The van der Waals surface area contributed by atoms with Crippen molar-refractivity contribution in [3.8, 4) is 0 Å². The third kappa shape index (κ3) is 3.80. The summed E-state index contributed by atoms with van der Waals surface area (Å²) in [6.07, 6.45) is 2.39. The quantitative estimate of drug-likeness (QED) is 0.793. The second-order valence-corrected chi connectivity index (χ2v) is 6.04. The number of carbonyl (C=O) groups is 1. The molecule has 19 heavy (non-hydrogen) atoms. The molecule has 0 amide bonds. The molecule has 1 unspecified atom stereocenters. The summed E-state index contributed by atoms with van der Waals surface area (Å²) < 4.78 is 6.38. The molecule has 0 N–H and O–H groups in total. The van der Waals surface area contributed by atoms with Crippen LogP contribution in [-0.4, -0.2) is 32.6 Å². The molecule has 0 aromatic heterocycles. The zero-order valence-electron chi connectivity index (χ0n) is 11.5. The molecule has 3 nitrogen and oxygen atoms in total. The Labute approximate surface area is 123 Å². The van der Waals surface area contributed by atoms with Crippen LogP contribution in [0.2, 0.25) is 0 Å². The Morgan fingerprint density at radius 1 is 1.53 bits per heavy atom. The highest BCUT2D eigenvalue weighted by Gasteiger charge is 2.16. The van der Waals surface area contributed by atoms with E-state index < -0.39 is 0 Å². The minimum absolute atomic E-state index is 0.0850. The fourth-order valence-electron chi connectivity index (χ4n) is 2.47. The van der Waals surface area contributed by atoms with E-state index in [1.807, 2.05) is 18.2 Å². The van der Waals surface area contributed by atoms with Crippen molar-refractivity contribution in [1.29, 1.82) is 0 Å². The number of hydrogen-bond donors (Lipinski definition) is 0. The SMILES string of the molecule is CC(=O)c1ccc(N(C)CC2CCCOC2)cc1Br. The summed E-state index contributed by atoms with van der Waals surface area (Å²) in [6.45, 7) is 4.34. The van der Waals surface area contributed by atoms with Crippen molar-refractivity contribution in [2.75, 3.05) is 31.7 Å². The molecular formula is C15H20BrNO2. The van der Waals surface area contributed by atoms with Gasteiger partial charge in [-0.3, -0.25) is 4.79 Å². The van der Waals surface area contributed by atoms with Crippen molar-refractivity contribution in [2.24, 2.45) is 5.92 Å². The largest absolute Gasteiger partial charge is 0.381 e. The van der Waals surface area contributed by atoms with E-state index in [9.17, 15) is 4.79 Å². The monoisotopic (exact) mass is 325 g/mol. The zero-order chi connectivity index (χ0) is 13.8. The summed E-state index contributed by atoms with van der Waals surface area (Å²) in [7, 11) is 2.09. The number of halogens is 1. The van der Waals surface area contributed by atoms with Gasteiger partial charge in [0.05, 0.1) is 6.61 Å². The van der Waals surface area contributed by atoms with E-state index in [4.69, 9.17) is 4.74 Å². The second kappa shape index (κ2) is 6.53. The van der Waals surface area contributed by atoms with Gasteiger partial charge in [0.1, 0.15) is 0 Å². The maximum atomic E-state index is 11.4. The topological polar surface area (TPSA) is 29.5 Å². The highest BCUT2D eigenvalue weighted by molar-refractivity contribution is 9.10. The lowest BCUT2D eigenvalue weighted by molar-refractivity contribution is 0.0576. The van der Waals surface area contributed by atoms with Gasteiger partial charge in [-0.05, 0) is 59.8 Å². The lowest BCUT2D eigenvalue weighted by Crippen LogP contribution is -2.30. The predicted molar refractivity (Wildman–Crippen MR) is 81.0 cm³/mol. The van der Waals surface area contributed by atoms with E-state index >= 15 is 0 Å². The summed E-state index contributed by atoms with van der Waals surface area (Å²) >= 11 is 3.47. The lowest BCUT2D eigenvalue weighted by atomic mass is 10.0. The molecule has 1 aliphatic rings. The third-order valence-electron chi connectivity index (χ3n) is 3.56. The van der Waals surface area contributed by atoms with Gasteiger partial charge in [0.2, 0.25) is 0 Å². The minimum atomic E-state index is 0.0850. The molecule has 104 valence electrons. The standard InChI is InChI=1S/C15H20BrNO2/c1-11(18)14-6-5-13(8-15(14)16)17(2)9-12-4-3-7-19-10-12/h5-6,8,12H,3-4,7,9-10H2,1-2H3. The van der Waals surface area contributed by atoms with Crippen LogP contribution in [0.3, 0.4) is 0 Å². The molecule has 0 radical (unpaired) electrons. The van der Waals surface area contributed by atoms with E-state index in [-0.39, 0.29) is 5.78 Å². The number of nitrogens with zero attached hydrogens (tertiary/aromatic N) is 1. The fraction of sp³-hybridized carbons (Fsp3) is 0.533. The zero-order valence-corrected chi connectivity index (χ0v) is 13.1. The maximum absolute atomic E-state index is 11.4. The smallest absolute Gasteiger partial charge is 0.160 e. The van der Waals surface area contributed by atoms with Gasteiger partial charge in [-0.25, -0.2) is 0 Å². The molecule has 1 aromatic rings. The Bertz CT molecular complexity index is 455. The Morgan fingerprint density at radius 3 is 2.89 bits per heavy atom. The first-order valence-electron chi connectivity index (χ1n) is 6.67. The summed E-state index contributed by atoms with van der Waals surface area (Å²) in [4.78, 5) is 13.6. The number of hydrogen-bond acceptors (Lipinski definition) is 3. The molecule has 1 heterocycles. The van der Waals surface area contributed by atoms with Crippen LogP contribution >= 0.6 is 15.9 Å². The molecule has 0 spiro atoms. The van der Waals surface area contributed by atoms with Crippen LogP contribution in [-0.2, 0) is 4.74 Å². The van der Waals surface area contributed by atoms with Crippen molar-refractivity contribution >= 4 is 27.4 Å². The Morgan fingerprint density at radius 2 is 2.32 bits per heavy atom. The molecule has 1 aliphatic heterocycles. The van der Waals surface area contributed by atoms with Crippen molar-refractivity contribution in [3.63, 3.8) is 0 Å². The molecule has 1 saturated heterocycles. The minimum Gasteiger partial charge on any atom is -0.381 e. The number of carbonyl (C=O) groups excluding carboxylic acids is 1. The fourth-order valence-corrected chi connectivity index (χ4v) is 3.12. The molecule has 0 aliphatic carbocycles. The van der Waals surface area contributed by atoms with Crippen LogP contribution in [0.1, 0.15) is 30.1 Å². The first-order chi connectivity index (χ1) is 9.08. The second-order valence-electron chi connectivity index (χ2n) is 5.18. The number of ketones is 1. The molecule has 4 heteroatoms. The van der Waals surface area contributed by atoms with Crippen molar-refractivity contribution in [2.45, 2.75) is 19.8 Å². The van der Waals surface area contributed by atoms with Gasteiger partial charge in [-0.1, -0.05) is 0 Å². The average molecular weight is 326 g/mol. The number of benzene rings is 1. The Balaban J connectivity index is 2.04. The first-order valence-corrected chi connectivity index (χ1v) is 7.46. The normalized spacial score (nSPS) is 19.2. The molecule has 1 atom stereocenters. The lowest BCUT2D eigenvalue weighted by Gasteiger charge is -2.28. The molecule has 0 saturated carbocycles. The summed E-state index contributed by atoms with van der Waals surface area (Å²) in [5, 5.41) is 0. The predicted octanol–water partition coefficient (Wildman–Crippen LogP) is 3.51. The van der Waals surface area contributed by atoms with Crippen molar-refractivity contribution in [3.05, 3.63) is 28.2 Å². The Kier molecular flexibility index (Phi) is 4.99. The van der Waals surface area contributed by atoms with Crippen LogP contribution in [0.15, 0.2) is 22.7 Å². The molecule has 2 rings (SSSR count). The van der Waals surface area contributed by atoms with Crippen LogP contribution < -0.4 is 4.90 Å². The van der Waals surface area contributed by atoms with Crippen LogP contribution in [0.25, 0.3) is 0 Å². The number of ether oxygens (including phenoxy) is 1. The van der Waals surface area contributed by atoms with Gasteiger partial charge in [0.15, 0.2) is 5.78 Å². The number of rotatable bonds is 4. The van der Waals surface area contributed by atoms with Gasteiger partial charge < -0.3 is 9.64 Å². The Hall–Kier alpha value is -0.870. The summed E-state index contributed by atoms with van der Waals surface area (Å²) in [5.41, 5.74) is 1.86. The summed E-state index contributed by atoms with van der Waals surface area (Å²) in [5.74, 6) is 0.687. The van der Waals surface area contributed by atoms with E-state index in [0.29, 0.717) is 5.92 Å². The third-order valence-corrected chi connectivity index (χ3v) is 4.22. The van der Waals surface area contributed by atoms with Gasteiger partial charge in [0, 0.05) is 35.9 Å². The van der Waals surface area contributed by atoms with E-state index in [1.54, 1.807) is 6.92 Å². The van der Waals surface area contributed by atoms with Gasteiger partial charge >= 0.3 is 0 Å². The number of anilines is 1. The molecule has 0 bridgehead atoms. The number of Topliss-reactive ketones (excluding diaryl/α,β-unsaturated/α-hetero) is 1. The van der Waals surface area contributed by atoms with Gasteiger partial charge in [-0.15, -0.1) is 0 Å². The van der Waals surface area contributed by atoms with Crippen LogP contribution in [0.5, 0.6) is 0 Å². The van der Waals surface area contributed by atoms with E-state index in [0.717, 1.165) is 41.9 Å². The average Bonchev–Trinajstić information content (AvgIpc) is 2.39. The van der Waals surface area contributed by atoms with Crippen LogP contribution in [0.4, 0.5) is 5.69 Å².